The summed E-state index contributed by atoms with van der Waals surface area (Å²) in [5, 5.41) is 0. The van der Waals surface area contributed by atoms with Crippen molar-refractivity contribution in [3.63, 3.8) is 0 Å². The van der Waals surface area contributed by atoms with Gasteiger partial charge in [-0.15, -0.1) is 0 Å². The first kappa shape index (κ1) is 11.6. The van der Waals surface area contributed by atoms with E-state index in [1.54, 1.807) is 0 Å². The van der Waals surface area contributed by atoms with Crippen molar-refractivity contribution >= 4 is 6.08 Å². The van der Waals surface area contributed by atoms with E-state index in [0.29, 0.717) is 0 Å². The van der Waals surface area contributed by atoms with Gasteiger partial charge in [-0.3, -0.25) is 0 Å². The van der Waals surface area contributed by atoms with E-state index in [-0.39, 0.29) is 5.56 Å². The van der Waals surface area contributed by atoms with E-state index in [1.807, 2.05) is 0 Å². The summed E-state index contributed by atoms with van der Waals surface area (Å²) in [6, 6.07) is 3.81. The number of hydrogen-bond acceptors (Lipinski definition) is 1. The Morgan fingerprint density at radius 3 is 2.53 bits per heavy atom. The predicted molar refractivity (Wildman–Crippen MR) is 48.0 cm³/mol. The van der Waals surface area contributed by atoms with Gasteiger partial charge in [0.15, 0.2) is 18.2 Å². The molecule has 0 aliphatic rings. The SMILES string of the molecule is C=Cc1cccc(F)c1OCC(F)(F)F. The summed E-state index contributed by atoms with van der Waals surface area (Å²) in [4.78, 5) is 0. The fraction of sp³-hybridized carbons (Fsp3) is 0.200. The van der Waals surface area contributed by atoms with Crippen LogP contribution in [-0.4, -0.2) is 12.8 Å². The van der Waals surface area contributed by atoms with Gasteiger partial charge in [0.25, 0.3) is 0 Å². The van der Waals surface area contributed by atoms with Gasteiger partial charge in [0.2, 0.25) is 0 Å². The number of para-hydroxylation sites is 1. The minimum absolute atomic E-state index is 0.194. The molecule has 0 heterocycles. The lowest BCUT2D eigenvalue weighted by Crippen LogP contribution is -2.20. The summed E-state index contributed by atoms with van der Waals surface area (Å²) in [5.41, 5.74) is 0.194. The molecule has 5 heteroatoms. The lowest BCUT2D eigenvalue weighted by molar-refractivity contribution is -0.153. The van der Waals surface area contributed by atoms with E-state index in [0.717, 1.165) is 6.07 Å². The van der Waals surface area contributed by atoms with E-state index in [2.05, 4.69) is 11.3 Å². The van der Waals surface area contributed by atoms with Crippen LogP contribution in [0.1, 0.15) is 5.56 Å². The minimum atomic E-state index is -4.49. The Kier molecular flexibility index (Phi) is 3.34. The van der Waals surface area contributed by atoms with Crippen LogP contribution in [0.4, 0.5) is 17.6 Å². The molecule has 82 valence electrons. The molecule has 0 amide bonds. The summed E-state index contributed by atoms with van der Waals surface area (Å²) < 4.78 is 52.9. The Morgan fingerprint density at radius 2 is 2.00 bits per heavy atom. The standard InChI is InChI=1S/C10H8F4O/c1-2-7-4-3-5-8(11)9(7)15-6-10(12,13)14/h2-5H,1,6H2. The summed E-state index contributed by atoms with van der Waals surface area (Å²) in [6.07, 6.45) is -3.25. The molecule has 0 aromatic heterocycles. The van der Waals surface area contributed by atoms with Crippen molar-refractivity contribution in [2.45, 2.75) is 6.18 Å². The Bertz CT molecular complexity index is 357. The summed E-state index contributed by atoms with van der Waals surface area (Å²) in [6.45, 7) is 1.83. The van der Waals surface area contributed by atoms with Crippen LogP contribution in [-0.2, 0) is 0 Å². The van der Waals surface area contributed by atoms with Crippen LogP contribution in [0.3, 0.4) is 0 Å². The van der Waals surface area contributed by atoms with Crippen LogP contribution >= 0.6 is 0 Å². The largest absolute Gasteiger partial charge is 0.480 e. The molecule has 0 unspecified atom stereocenters. The first-order chi connectivity index (χ1) is 6.94. The molecule has 0 atom stereocenters. The third-order valence-electron chi connectivity index (χ3n) is 1.60. The van der Waals surface area contributed by atoms with E-state index in [1.165, 1.54) is 18.2 Å². The fourth-order valence-corrected chi connectivity index (χ4v) is 0.993. The summed E-state index contributed by atoms with van der Waals surface area (Å²) >= 11 is 0. The summed E-state index contributed by atoms with van der Waals surface area (Å²) in [5.74, 6) is -1.26. The Hall–Kier alpha value is -1.52. The van der Waals surface area contributed by atoms with Crippen molar-refractivity contribution in [3.05, 3.63) is 36.2 Å². The number of ether oxygens (including phenoxy) is 1. The molecule has 0 bridgehead atoms. The van der Waals surface area contributed by atoms with E-state index in [9.17, 15) is 17.6 Å². The molecule has 0 saturated heterocycles. The molecular weight excluding hydrogens is 212 g/mol. The number of alkyl halides is 3. The molecule has 15 heavy (non-hydrogen) atoms. The molecule has 0 spiro atoms. The number of hydrogen-bond donors (Lipinski definition) is 0. The molecule has 0 radical (unpaired) electrons. The first-order valence-electron chi connectivity index (χ1n) is 4.04. The number of rotatable bonds is 3. The fourth-order valence-electron chi connectivity index (χ4n) is 0.993. The molecule has 1 rings (SSSR count). The Balaban J connectivity index is 2.88. The van der Waals surface area contributed by atoms with Crippen molar-refractivity contribution in [3.8, 4) is 5.75 Å². The molecule has 0 saturated carbocycles. The van der Waals surface area contributed by atoms with Crippen molar-refractivity contribution in [2.75, 3.05) is 6.61 Å². The lowest BCUT2D eigenvalue weighted by atomic mass is 10.2. The smallest absolute Gasteiger partial charge is 0.422 e. The van der Waals surface area contributed by atoms with Crippen molar-refractivity contribution in [1.29, 1.82) is 0 Å². The highest BCUT2D eigenvalue weighted by Crippen LogP contribution is 2.25. The van der Waals surface area contributed by atoms with Crippen LogP contribution in [0.2, 0.25) is 0 Å². The second-order valence-corrected chi connectivity index (χ2v) is 2.77. The quantitative estimate of drug-likeness (QED) is 0.709. The van der Waals surface area contributed by atoms with E-state index >= 15 is 0 Å². The highest BCUT2D eigenvalue weighted by atomic mass is 19.4. The van der Waals surface area contributed by atoms with Crippen LogP contribution in [0, 0.1) is 5.82 Å². The average molecular weight is 220 g/mol. The molecule has 0 aliphatic carbocycles. The zero-order valence-corrected chi connectivity index (χ0v) is 7.64. The highest BCUT2D eigenvalue weighted by molar-refractivity contribution is 5.55. The second-order valence-electron chi connectivity index (χ2n) is 2.77. The van der Waals surface area contributed by atoms with Gasteiger partial charge < -0.3 is 4.74 Å². The van der Waals surface area contributed by atoms with Gasteiger partial charge in [-0.25, -0.2) is 4.39 Å². The molecule has 1 aromatic rings. The average Bonchev–Trinajstić information content (AvgIpc) is 2.14. The molecule has 0 aliphatic heterocycles. The zero-order valence-electron chi connectivity index (χ0n) is 7.64. The van der Waals surface area contributed by atoms with Crippen LogP contribution in [0.5, 0.6) is 5.75 Å². The Labute approximate surface area is 84.0 Å². The molecule has 1 aromatic carbocycles. The van der Waals surface area contributed by atoms with Crippen molar-refractivity contribution in [2.24, 2.45) is 0 Å². The normalized spacial score (nSPS) is 11.2. The molecule has 0 N–H and O–H groups in total. The van der Waals surface area contributed by atoms with E-state index in [4.69, 9.17) is 0 Å². The summed E-state index contributed by atoms with van der Waals surface area (Å²) in [7, 11) is 0. The zero-order chi connectivity index (χ0) is 11.5. The monoisotopic (exact) mass is 220 g/mol. The first-order valence-corrected chi connectivity index (χ1v) is 4.04. The number of benzene rings is 1. The maximum Gasteiger partial charge on any atom is 0.422 e. The third-order valence-corrected chi connectivity index (χ3v) is 1.60. The van der Waals surface area contributed by atoms with Crippen molar-refractivity contribution < 1.29 is 22.3 Å². The number of halogens is 4. The molecule has 1 nitrogen and oxygen atoms in total. The topological polar surface area (TPSA) is 9.23 Å². The predicted octanol–water partition coefficient (Wildman–Crippen LogP) is 3.41. The van der Waals surface area contributed by atoms with Gasteiger partial charge in [0.05, 0.1) is 0 Å². The Morgan fingerprint density at radius 1 is 1.33 bits per heavy atom. The maximum atomic E-state index is 13.1. The van der Waals surface area contributed by atoms with Gasteiger partial charge in [-0.2, -0.15) is 13.2 Å². The van der Waals surface area contributed by atoms with Crippen LogP contribution < -0.4 is 4.74 Å². The third kappa shape index (κ3) is 3.27. The van der Waals surface area contributed by atoms with E-state index < -0.39 is 24.3 Å². The van der Waals surface area contributed by atoms with Gasteiger partial charge >= 0.3 is 6.18 Å². The van der Waals surface area contributed by atoms with Gasteiger partial charge in [-0.1, -0.05) is 24.8 Å². The van der Waals surface area contributed by atoms with Crippen molar-refractivity contribution in [1.82, 2.24) is 0 Å². The van der Waals surface area contributed by atoms with Gasteiger partial charge in [0, 0.05) is 5.56 Å². The lowest BCUT2D eigenvalue weighted by Gasteiger charge is -2.11. The van der Waals surface area contributed by atoms with Crippen LogP contribution in [0.15, 0.2) is 24.8 Å². The minimum Gasteiger partial charge on any atom is -0.480 e. The molecular formula is C10H8F4O. The molecule has 0 fully saturated rings. The van der Waals surface area contributed by atoms with Crippen LogP contribution in [0.25, 0.3) is 6.08 Å². The second kappa shape index (κ2) is 4.33. The van der Waals surface area contributed by atoms with Gasteiger partial charge in [-0.05, 0) is 6.07 Å². The maximum absolute atomic E-state index is 13.1. The van der Waals surface area contributed by atoms with Gasteiger partial charge in [0.1, 0.15) is 0 Å². The highest BCUT2D eigenvalue weighted by Gasteiger charge is 2.29.